The summed E-state index contributed by atoms with van der Waals surface area (Å²) < 4.78 is 0. The molecule has 4 rings (SSSR count). The van der Waals surface area contributed by atoms with E-state index in [1.165, 1.54) is 43.7 Å². The van der Waals surface area contributed by atoms with Gasteiger partial charge in [0.05, 0.1) is 21.8 Å². The van der Waals surface area contributed by atoms with Gasteiger partial charge in [0, 0.05) is 19.1 Å². The molecule has 0 bridgehead atoms. The number of likely N-dealkylation sites (tertiary alicyclic amines) is 1. The Morgan fingerprint density at radius 3 is 2.45 bits per heavy atom. The molecule has 2 saturated heterocycles. The topological polar surface area (TPSA) is 72.9 Å². The van der Waals surface area contributed by atoms with Gasteiger partial charge in [-0.1, -0.05) is 12.5 Å². The summed E-state index contributed by atoms with van der Waals surface area (Å²) in [5.41, 5.74) is 1.65. The highest BCUT2D eigenvalue weighted by Gasteiger charge is 2.27. The predicted molar refractivity (Wildman–Crippen MR) is 116 cm³/mol. The highest BCUT2D eigenvalue weighted by molar-refractivity contribution is 7.12. The van der Waals surface area contributed by atoms with Crippen LogP contribution < -0.4 is 10.2 Å². The summed E-state index contributed by atoms with van der Waals surface area (Å²) in [6.07, 6.45) is 6.14. The number of nitrogens with one attached hydrogen (secondary N) is 1. The molecule has 0 spiro atoms. The molecular weight excluding hydrogens is 386 g/mol. The van der Waals surface area contributed by atoms with Gasteiger partial charge >= 0.3 is 5.97 Å². The van der Waals surface area contributed by atoms with Crippen LogP contribution in [0.5, 0.6) is 0 Å². The summed E-state index contributed by atoms with van der Waals surface area (Å²) >= 11 is 1.37. The maximum absolute atomic E-state index is 12.6. The smallest absolute Gasteiger partial charge is 0.335 e. The van der Waals surface area contributed by atoms with Crippen LogP contribution in [0.25, 0.3) is 0 Å². The van der Waals surface area contributed by atoms with Gasteiger partial charge in [-0.3, -0.25) is 4.79 Å². The number of nitrogens with zero attached hydrogens (tertiary/aromatic N) is 2. The first-order valence-corrected chi connectivity index (χ1v) is 11.2. The van der Waals surface area contributed by atoms with Crippen molar-refractivity contribution >= 4 is 34.6 Å². The lowest BCUT2D eigenvalue weighted by atomic mass is 9.99. The van der Waals surface area contributed by atoms with Gasteiger partial charge in [-0.15, -0.1) is 11.3 Å². The Hall–Kier alpha value is -2.38. The van der Waals surface area contributed by atoms with E-state index >= 15 is 0 Å². The summed E-state index contributed by atoms with van der Waals surface area (Å²) in [4.78, 5) is 29.5. The molecule has 2 aliphatic rings. The van der Waals surface area contributed by atoms with Crippen molar-refractivity contribution in [3.05, 3.63) is 46.2 Å². The number of benzene rings is 1. The van der Waals surface area contributed by atoms with Crippen LogP contribution in [0.3, 0.4) is 0 Å². The first-order chi connectivity index (χ1) is 14.1. The number of thiophene rings is 1. The molecule has 2 aromatic rings. The minimum atomic E-state index is -0.994. The van der Waals surface area contributed by atoms with Gasteiger partial charge in [-0.25, -0.2) is 4.79 Å². The number of aromatic carboxylic acids is 1. The number of hydrogen-bond donors (Lipinski definition) is 2. The fraction of sp³-hybridized carbons (Fsp3) is 0.455. The highest BCUT2D eigenvalue weighted by atomic mass is 32.1. The Bertz CT molecular complexity index is 854. The molecule has 2 aliphatic heterocycles. The molecule has 7 heteroatoms. The van der Waals surface area contributed by atoms with Crippen LogP contribution in [0, 0.1) is 0 Å². The molecule has 0 radical (unpaired) electrons. The molecule has 0 aliphatic carbocycles. The lowest BCUT2D eigenvalue weighted by Gasteiger charge is -2.41. The van der Waals surface area contributed by atoms with Gasteiger partial charge in [0.25, 0.3) is 5.91 Å². The molecule has 2 N–H and O–H groups in total. The summed E-state index contributed by atoms with van der Waals surface area (Å²) in [5, 5.41) is 14.2. The third kappa shape index (κ3) is 4.62. The highest BCUT2D eigenvalue weighted by Crippen LogP contribution is 2.32. The second kappa shape index (κ2) is 8.97. The molecule has 1 aromatic carbocycles. The monoisotopic (exact) mass is 413 g/mol. The summed E-state index contributed by atoms with van der Waals surface area (Å²) in [6, 6.07) is 9.25. The molecule has 1 amide bonds. The summed E-state index contributed by atoms with van der Waals surface area (Å²) in [6.45, 7) is 4.24. The maximum atomic E-state index is 12.6. The van der Waals surface area contributed by atoms with Crippen molar-refractivity contribution in [2.24, 2.45) is 0 Å². The van der Waals surface area contributed by atoms with Crippen molar-refractivity contribution in [2.75, 3.05) is 36.4 Å². The van der Waals surface area contributed by atoms with Gasteiger partial charge in [-0.05, 0) is 68.4 Å². The number of hydrogen-bond acceptors (Lipinski definition) is 5. The van der Waals surface area contributed by atoms with E-state index in [-0.39, 0.29) is 11.5 Å². The van der Waals surface area contributed by atoms with E-state index in [1.807, 2.05) is 17.5 Å². The molecule has 0 atom stereocenters. The largest absolute Gasteiger partial charge is 0.478 e. The Morgan fingerprint density at radius 1 is 1.03 bits per heavy atom. The van der Waals surface area contributed by atoms with E-state index in [0.717, 1.165) is 31.6 Å². The Morgan fingerprint density at radius 2 is 1.79 bits per heavy atom. The first-order valence-electron chi connectivity index (χ1n) is 10.3. The maximum Gasteiger partial charge on any atom is 0.335 e. The van der Waals surface area contributed by atoms with Crippen molar-refractivity contribution in [1.82, 2.24) is 4.90 Å². The Balaban J connectivity index is 1.50. The van der Waals surface area contributed by atoms with Crippen LogP contribution >= 0.6 is 11.3 Å². The minimum Gasteiger partial charge on any atom is -0.478 e. The van der Waals surface area contributed by atoms with Crippen LogP contribution in [0.4, 0.5) is 11.4 Å². The van der Waals surface area contributed by atoms with E-state index in [1.54, 1.807) is 18.2 Å². The number of anilines is 2. The molecule has 3 heterocycles. The Kier molecular flexibility index (Phi) is 6.16. The number of rotatable bonds is 5. The fourth-order valence-electron chi connectivity index (χ4n) is 4.39. The third-order valence-electron chi connectivity index (χ3n) is 5.95. The SMILES string of the molecule is O=C(O)c1ccc(N2CCC(N3CCCCC3)CC2)c(NC(=O)c2cccs2)c1. The van der Waals surface area contributed by atoms with Crippen LogP contribution in [0.1, 0.15) is 52.1 Å². The van der Waals surface area contributed by atoms with Crippen LogP contribution in [-0.2, 0) is 0 Å². The average Bonchev–Trinajstić information content (AvgIpc) is 3.30. The number of carbonyl (C=O) groups is 2. The lowest BCUT2D eigenvalue weighted by Crippen LogP contribution is -2.46. The van der Waals surface area contributed by atoms with E-state index in [0.29, 0.717) is 16.6 Å². The van der Waals surface area contributed by atoms with Crippen molar-refractivity contribution < 1.29 is 14.7 Å². The van der Waals surface area contributed by atoms with Crippen molar-refractivity contribution in [3.63, 3.8) is 0 Å². The molecule has 154 valence electrons. The Labute approximate surface area is 175 Å². The van der Waals surface area contributed by atoms with Crippen LogP contribution in [0.2, 0.25) is 0 Å². The second-order valence-electron chi connectivity index (χ2n) is 7.78. The molecule has 29 heavy (non-hydrogen) atoms. The van der Waals surface area contributed by atoms with E-state index in [9.17, 15) is 14.7 Å². The van der Waals surface area contributed by atoms with Crippen molar-refractivity contribution in [2.45, 2.75) is 38.1 Å². The normalized spacial score (nSPS) is 18.6. The van der Waals surface area contributed by atoms with Crippen LogP contribution in [-0.4, -0.2) is 54.1 Å². The zero-order valence-electron chi connectivity index (χ0n) is 16.5. The third-order valence-corrected chi connectivity index (χ3v) is 6.82. The number of carboxylic acids is 1. The molecule has 0 saturated carbocycles. The standard InChI is InChI=1S/C22H27N3O3S/c26-21(20-5-4-14-29-20)23-18-15-16(22(27)28)6-7-19(18)25-12-8-17(9-13-25)24-10-2-1-3-11-24/h4-7,14-15,17H,1-3,8-13H2,(H,23,26)(H,27,28). The number of carbonyl (C=O) groups excluding carboxylic acids is 1. The van der Waals surface area contributed by atoms with E-state index in [2.05, 4.69) is 15.1 Å². The summed E-state index contributed by atoms with van der Waals surface area (Å²) in [7, 11) is 0. The number of piperidine rings is 2. The molecular formula is C22H27N3O3S. The van der Waals surface area contributed by atoms with E-state index in [4.69, 9.17) is 0 Å². The van der Waals surface area contributed by atoms with Gasteiger partial charge in [0.2, 0.25) is 0 Å². The molecule has 6 nitrogen and oxygen atoms in total. The lowest BCUT2D eigenvalue weighted by molar-refractivity contribution is 0.0696. The predicted octanol–water partition coefficient (Wildman–Crippen LogP) is 4.15. The molecule has 1 aromatic heterocycles. The fourth-order valence-corrected chi connectivity index (χ4v) is 5.01. The van der Waals surface area contributed by atoms with Crippen molar-refractivity contribution in [1.29, 1.82) is 0 Å². The molecule has 0 unspecified atom stereocenters. The number of amides is 1. The zero-order chi connectivity index (χ0) is 20.2. The van der Waals surface area contributed by atoms with E-state index < -0.39 is 5.97 Å². The first kappa shape index (κ1) is 19.9. The summed E-state index contributed by atoms with van der Waals surface area (Å²) in [5.74, 6) is -1.20. The van der Waals surface area contributed by atoms with Gasteiger partial charge < -0.3 is 20.2 Å². The minimum absolute atomic E-state index is 0.179. The average molecular weight is 414 g/mol. The zero-order valence-corrected chi connectivity index (χ0v) is 17.3. The van der Waals surface area contributed by atoms with Gasteiger partial charge in [0.1, 0.15) is 0 Å². The van der Waals surface area contributed by atoms with Crippen LogP contribution in [0.15, 0.2) is 35.7 Å². The second-order valence-corrected chi connectivity index (χ2v) is 8.73. The van der Waals surface area contributed by atoms with Crippen molar-refractivity contribution in [3.8, 4) is 0 Å². The molecule has 2 fully saturated rings. The van der Waals surface area contributed by atoms with Gasteiger partial charge in [-0.2, -0.15) is 0 Å². The quantitative estimate of drug-likeness (QED) is 0.770. The number of carboxylic acid groups (broad SMARTS) is 1. The van der Waals surface area contributed by atoms with Gasteiger partial charge in [0.15, 0.2) is 0 Å².